The largest absolute Gasteiger partial charge is 0.497 e. The molecule has 1 aromatic rings. The highest BCUT2D eigenvalue weighted by molar-refractivity contribution is 6.45. The monoisotopic (exact) mass is 403 g/mol. The van der Waals surface area contributed by atoms with Crippen LogP contribution in [0.4, 0.5) is 10.5 Å². The summed E-state index contributed by atoms with van der Waals surface area (Å²) in [6.07, 6.45) is 3.51. The summed E-state index contributed by atoms with van der Waals surface area (Å²) in [6.45, 7) is 1.43. The highest BCUT2D eigenvalue weighted by Gasteiger charge is 2.49. The van der Waals surface area contributed by atoms with Crippen LogP contribution in [0.3, 0.4) is 0 Å². The number of nitrogens with zero attached hydrogens (tertiary/aromatic N) is 2. The zero-order valence-corrected chi connectivity index (χ0v) is 16.8. The van der Waals surface area contributed by atoms with Crippen LogP contribution in [0.2, 0.25) is 0 Å². The molecule has 2 aliphatic rings. The van der Waals surface area contributed by atoms with Gasteiger partial charge in [-0.2, -0.15) is 0 Å². The summed E-state index contributed by atoms with van der Waals surface area (Å²) >= 11 is 0. The lowest BCUT2D eigenvalue weighted by Gasteiger charge is -2.34. The summed E-state index contributed by atoms with van der Waals surface area (Å²) < 4.78 is 10.3. The van der Waals surface area contributed by atoms with Gasteiger partial charge in [0.05, 0.1) is 19.9 Å². The van der Waals surface area contributed by atoms with Gasteiger partial charge < -0.3 is 14.8 Å². The highest BCUT2D eigenvalue weighted by Crippen LogP contribution is 2.32. The van der Waals surface area contributed by atoms with Gasteiger partial charge >= 0.3 is 17.8 Å². The molecule has 0 unspecified atom stereocenters. The third-order valence-electron chi connectivity index (χ3n) is 5.47. The first-order valence-electron chi connectivity index (χ1n) is 9.58. The van der Waals surface area contributed by atoms with Crippen LogP contribution in [0.5, 0.6) is 11.5 Å². The van der Waals surface area contributed by atoms with Crippen molar-refractivity contribution in [2.75, 3.05) is 26.1 Å². The number of carbonyl (C=O) groups excluding carboxylic acids is 4. The van der Waals surface area contributed by atoms with E-state index in [1.54, 1.807) is 18.2 Å². The molecule has 2 atom stereocenters. The van der Waals surface area contributed by atoms with Crippen LogP contribution in [-0.4, -0.2) is 60.4 Å². The number of benzene rings is 1. The van der Waals surface area contributed by atoms with Gasteiger partial charge in [-0.1, -0.05) is 19.8 Å². The highest BCUT2D eigenvalue weighted by atomic mass is 16.5. The van der Waals surface area contributed by atoms with Gasteiger partial charge in [0.1, 0.15) is 18.0 Å². The minimum atomic E-state index is -0.968. The number of ether oxygens (including phenoxy) is 2. The van der Waals surface area contributed by atoms with Gasteiger partial charge in [-0.25, -0.2) is 9.69 Å². The van der Waals surface area contributed by atoms with Crippen molar-refractivity contribution in [3.05, 3.63) is 18.2 Å². The minimum Gasteiger partial charge on any atom is -0.497 e. The van der Waals surface area contributed by atoms with Crippen molar-refractivity contribution in [2.24, 2.45) is 5.92 Å². The van der Waals surface area contributed by atoms with E-state index in [4.69, 9.17) is 9.47 Å². The van der Waals surface area contributed by atoms with Gasteiger partial charge in [0.15, 0.2) is 0 Å². The molecule has 0 spiro atoms. The van der Waals surface area contributed by atoms with Crippen molar-refractivity contribution in [1.29, 1.82) is 0 Å². The van der Waals surface area contributed by atoms with Crippen LogP contribution < -0.4 is 14.8 Å². The van der Waals surface area contributed by atoms with Crippen LogP contribution in [-0.2, 0) is 14.4 Å². The average molecular weight is 403 g/mol. The Morgan fingerprint density at radius 2 is 1.83 bits per heavy atom. The predicted octanol–water partition coefficient (Wildman–Crippen LogP) is 2.01. The number of rotatable bonds is 6. The number of methoxy groups -OCH3 is 2. The fraction of sp³-hybridized carbons (Fsp3) is 0.500. The van der Waals surface area contributed by atoms with Gasteiger partial charge in [0.25, 0.3) is 0 Å². The van der Waals surface area contributed by atoms with E-state index < -0.39 is 30.3 Å². The first-order valence-corrected chi connectivity index (χ1v) is 9.58. The van der Waals surface area contributed by atoms with E-state index in [9.17, 15) is 19.2 Å². The van der Waals surface area contributed by atoms with Crippen molar-refractivity contribution in [3.63, 3.8) is 0 Å². The maximum atomic E-state index is 12.8. The molecule has 1 N–H and O–H groups in total. The standard InChI is InChI=1S/C20H25N3O6/c1-12-6-4-5-7-15(12)23-19(26)18(25)22(20(23)27)11-17(24)21-14-9-8-13(28-2)10-16(14)29-3/h8-10,12,15H,4-7,11H2,1-3H3,(H,21,24)/t12-,15-/m1/s1. The fourth-order valence-corrected chi connectivity index (χ4v) is 3.87. The molecule has 3 rings (SSSR count). The third kappa shape index (κ3) is 4.03. The van der Waals surface area contributed by atoms with E-state index in [2.05, 4.69) is 5.32 Å². The Labute approximate surface area is 168 Å². The molecule has 1 saturated carbocycles. The lowest BCUT2D eigenvalue weighted by molar-refractivity contribution is -0.145. The normalized spacial score (nSPS) is 22.1. The van der Waals surface area contributed by atoms with Gasteiger partial charge in [-0.3, -0.25) is 19.3 Å². The second kappa shape index (κ2) is 8.50. The molecule has 0 radical (unpaired) electrons. The van der Waals surface area contributed by atoms with E-state index in [1.165, 1.54) is 14.2 Å². The second-order valence-corrected chi connectivity index (χ2v) is 7.29. The van der Waals surface area contributed by atoms with Crippen LogP contribution in [0, 0.1) is 5.92 Å². The Morgan fingerprint density at radius 3 is 2.48 bits per heavy atom. The molecule has 1 aromatic carbocycles. The third-order valence-corrected chi connectivity index (χ3v) is 5.47. The topological polar surface area (TPSA) is 105 Å². The van der Waals surface area contributed by atoms with Crippen LogP contribution in [0.15, 0.2) is 18.2 Å². The van der Waals surface area contributed by atoms with Crippen molar-refractivity contribution >= 4 is 29.4 Å². The summed E-state index contributed by atoms with van der Waals surface area (Å²) in [4.78, 5) is 51.7. The first kappa shape index (κ1) is 20.6. The second-order valence-electron chi connectivity index (χ2n) is 7.29. The molecule has 1 heterocycles. The molecule has 1 aliphatic heterocycles. The molecule has 1 aliphatic carbocycles. The summed E-state index contributed by atoms with van der Waals surface area (Å²) in [5.41, 5.74) is 0.362. The summed E-state index contributed by atoms with van der Waals surface area (Å²) in [5.74, 6) is -1.39. The Hall–Kier alpha value is -3.10. The van der Waals surface area contributed by atoms with E-state index in [0.29, 0.717) is 28.5 Å². The number of imide groups is 2. The van der Waals surface area contributed by atoms with E-state index in [0.717, 1.165) is 24.2 Å². The molecule has 156 valence electrons. The molecular formula is C20H25N3O6. The summed E-state index contributed by atoms with van der Waals surface area (Å²) in [7, 11) is 2.95. The maximum Gasteiger partial charge on any atom is 0.334 e. The van der Waals surface area contributed by atoms with Crippen LogP contribution in [0.25, 0.3) is 0 Å². The summed E-state index contributed by atoms with van der Waals surface area (Å²) in [5, 5.41) is 2.60. The SMILES string of the molecule is COc1ccc(NC(=O)CN2C(=O)C(=O)N([C@@H]3CCCC[C@H]3C)C2=O)c(OC)c1. The van der Waals surface area contributed by atoms with Crippen molar-refractivity contribution in [2.45, 2.75) is 38.6 Å². The Balaban J connectivity index is 1.71. The number of hydrogen-bond donors (Lipinski definition) is 1. The lowest BCUT2D eigenvalue weighted by Crippen LogP contribution is -2.46. The van der Waals surface area contributed by atoms with Crippen molar-refractivity contribution in [3.8, 4) is 11.5 Å². The first-order chi connectivity index (χ1) is 13.9. The number of hydrogen-bond acceptors (Lipinski definition) is 6. The molecule has 1 saturated heterocycles. The van der Waals surface area contributed by atoms with Gasteiger partial charge in [-0.05, 0) is 30.9 Å². The molecule has 2 fully saturated rings. The maximum absolute atomic E-state index is 12.8. The molecule has 9 heteroatoms. The van der Waals surface area contributed by atoms with Crippen molar-refractivity contribution in [1.82, 2.24) is 9.80 Å². The Morgan fingerprint density at radius 1 is 1.10 bits per heavy atom. The number of urea groups is 1. The molecule has 0 bridgehead atoms. The van der Waals surface area contributed by atoms with E-state index in [-0.39, 0.29) is 12.0 Å². The zero-order chi connectivity index (χ0) is 21.1. The smallest absolute Gasteiger partial charge is 0.334 e. The van der Waals surface area contributed by atoms with Crippen LogP contribution in [0.1, 0.15) is 32.6 Å². The van der Waals surface area contributed by atoms with E-state index in [1.807, 2.05) is 6.92 Å². The van der Waals surface area contributed by atoms with E-state index >= 15 is 0 Å². The molecular weight excluding hydrogens is 378 g/mol. The quantitative estimate of drug-likeness (QED) is 0.575. The zero-order valence-electron chi connectivity index (χ0n) is 16.8. The van der Waals surface area contributed by atoms with Gasteiger partial charge in [0, 0.05) is 12.1 Å². The summed E-state index contributed by atoms with van der Waals surface area (Å²) in [6, 6.07) is 3.79. The molecule has 29 heavy (non-hydrogen) atoms. The number of amides is 5. The Bertz CT molecular complexity index is 840. The van der Waals surface area contributed by atoms with Crippen molar-refractivity contribution < 1.29 is 28.7 Å². The molecule has 0 aromatic heterocycles. The minimum absolute atomic E-state index is 0.127. The number of nitrogens with one attached hydrogen (secondary N) is 1. The average Bonchev–Trinajstić information content (AvgIpc) is 2.92. The number of carbonyl (C=O) groups is 4. The Kier molecular flexibility index (Phi) is 6.05. The van der Waals surface area contributed by atoms with Gasteiger partial charge in [-0.15, -0.1) is 0 Å². The van der Waals surface area contributed by atoms with Crippen LogP contribution >= 0.6 is 0 Å². The predicted molar refractivity (Wildman–Crippen MR) is 104 cm³/mol. The molecule has 9 nitrogen and oxygen atoms in total. The van der Waals surface area contributed by atoms with Gasteiger partial charge in [0.2, 0.25) is 5.91 Å². The number of anilines is 1. The lowest BCUT2D eigenvalue weighted by atomic mass is 9.85. The molecule has 5 amide bonds. The fourth-order valence-electron chi connectivity index (χ4n) is 3.87.